The van der Waals surface area contributed by atoms with Crippen molar-refractivity contribution >= 4 is 6.09 Å². The van der Waals surface area contributed by atoms with Crippen LogP contribution in [-0.4, -0.2) is 24.1 Å². The van der Waals surface area contributed by atoms with E-state index in [-0.39, 0.29) is 11.5 Å². The summed E-state index contributed by atoms with van der Waals surface area (Å²) in [5.41, 5.74) is 5.66. The number of likely N-dealkylation sites (tertiary alicyclic amines) is 1. The van der Waals surface area contributed by atoms with E-state index in [9.17, 15) is 4.79 Å². The molecule has 0 bridgehead atoms. The molecule has 1 aliphatic rings. The van der Waals surface area contributed by atoms with Crippen LogP contribution in [0.1, 0.15) is 61.8 Å². The molecule has 3 heteroatoms. The van der Waals surface area contributed by atoms with Crippen molar-refractivity contribution in [3.8, 4) is 5.75 Å². The van der Waals surface area contributed by atoms with Crippen LogP contribution in [0.25, 0.3) is 0 Å². The molecule has 3 nitrogen and oxygen atoms in total. The van der Waals surface area contributed by atoms with Crippen LogP contribution in [0.5, 0.6) is 5.75 Å². The Hall–Kier alpha value is -3.07. The molecule has 1 saturated heterocycles. The van der Waals surface area contributed by atoms with Gasteiger partial charge in [0.25, 0.3) is 0 Å². The summed E-state index contributed by atoms with van der Waals surface area (Å²) in [5.74, 6) is 1.06. The van der Waals surface area contributed by atoms with E-state index in [2.05, 4.69) is 69.3 Å². The van der Waals surface area contributed by atoms with Crippen LogP contribution in [-0.2, 0) is 11.8 Å². The summed E-state index contributed by atoms with van der Waals surface area (Å²) in [6.07, 6.45) is 2.61. The van der Waals surface area contributed by atoms with Gasteiger partial charge >= 0.3 is 6.09 Å². The summed E-state index contributed by atoms with van der Waals surface area (Å²) in [5, 5.41) is 0. The summed E-state index contributed by atoms with van der Waals surface area (Å²) in [4.78, 5) is 14.4. The zero-order chi connectivity index (χ0) is 22.6. The van der Waals surface area contributed by atoms with Gasteiger partial charge in [0.1, 0.15) is 5.75 Å². The first-order valence-corrected chi connectivity index (χ1v) is 11.6. The molecular weight excluding hydrogens is 394 g/mol. The van der Waals surface area contributed by atoms with E-state index >= 15 is 0 Å². The zero-order valence-electron chi connectivity index (χ0n) is 19.4. The van der Waals surface area contributed by atoms with Gasteiger partial charge in [-0.2, -0.15) is 0 Å². The molecular formula is C29H33NO2. The maximum Gasteiger partial charge on any atom is 0.415 e. The molecule has 4 rings (SSSR count). The van der Waals surface area contributed by atoms with Crippen molar-refractivity contribution in [1.29, 1.82) is 0 Å². The van der Waals surface area contributed by atoms with Gasteiger partial charge in [-0.1, -0.05) is 87.5 Å². The molecule has 166 valence electrons. The summed E-state index contributed by atoms with van der Waals surface area (Å²) in [7, 11) is 0. The normalized spacial score (nSPS) is 14.9. The molecule has 0 radical (unpaired) electrons. The standard InChI is InChI=1S/C29H33NO2/c1-29(2,3)25-15-14-24(20-22-10-6-4-7-11-22)27(21-25)23-16-18-30(19-17-23)28(31)32-26-12-8-5-9-13-26/h4-15,21,23H,16-20H2,1-3H3. The number of hydrogen-bond acceptors (Lipinski definition) is 2. The predicted octanol–water partition coefficient (Wildman–Crippen LogP) is 6.95. The highest BCUT2D eigenvalue weighted by atomic mass is 16.6. The van der Waals surface area contributed by atoms with Gasteiger partial charge in [0, 0.05) is 13.1 Å². The van der Waals surface area contributed by atoms with E-state index in [0.29, 0.717) is 11.7 Å². The maximum absolute atomic E-state index is 12.6. The Morgan fingerprint density at radius 1 is 0.906 bits per heavy atom. The molecule has 0 unspecified atom stereocenters. The fourth-order valence-corrected chi connectivity index (χ4v) is 4.45. The van der Waals surface area contributed by atoms with Crippen molar-refractivity contribution in [2.24, 2.45) is 0 Å². The van der Waals surface area contributed by atoms with Gasteiger partial charge in [-0.15, -0.1) is 0 Å². The number of ether oxygens (including phenoxy) is 1. The zero-order valence-corrected chi connectivity index (χ0v) is 19.4. The largest absolute Gasteiger partial charge is 0.415 e. The number of para-hydroxylation sites is 1. The Bertz CT molecular complexity index is 1030. The van der Waals surface area contributed by atoms with E-state index < -0.39 is 0 Å². The minimum atomic E-state index is -0.248. The minimum absolute atomic E-state index is 0.111. The van der Waals surface area contributed by atoms with E-state index in [1.54, 1.807) is 0 Å². The Balaban J connectivity index is 1.50. The highest BCUT2D eigenvalue weighted by molar-refractivity contribution is 5.70. The molecule has 1 amide bonds. The van der Waals surface area contributed by atoms with Crippen molar-refractivity contribution in [3.05, 3.63) is 101 Å². The molecule has 0 spiro atoms. The van der Waals surface area contributed by atoms with Crippen LogP contribution >= 0.6 is 0 Å². The van der Waals surface area contributed by atoms with Gasteiger partial charge in [-0.3, -0.25) is 0 Å². The van der Waals surface area contributed by atoms with Gasteiger partial charge in [0.05, 0.1) is 0 Å². The van der Waals surface area contributed by atoms with Crippen molar-refractivity contribution in [1.82, 2.24) is 4.90 Å². The van der Waals surface area contributed by atoms with Crippen molar-refractivity contribution < 1.29 is 9.53 Å². The lowest BCUT2D eigenvalue weighted by Gasteiger charge is -2.33. The van der Waals surface area contributed by atoms with Gasteiger partial charge in [0.2, 0.25) is 0 Å². The van der Waals surface area contributed by atoms with Gasteiger partial charge in [-0.25, -0.2) is 4.79 Å². The lowest BCUT2D eigenvalue weighted by Crippen LogP contribution is -2.39. The van der Waals surface area contributed by atoms with Crippen molar-refractivity contribution in [2.45, 2.75) is 51.4 Å². The quantitative estimate of drug-likeness (QED) is 0.451. The molecule has 0 aliphatic carbocycles. The smallest absolute Gasteiger partial charge is 0.410 e. The average Bonchev–Trinajstić information content (AvgIpc) is 2.80. The SMILES string of the molecule is CC(C)(C)c1ccc(Cc2ccccc2)c(C2CCN(C(=O)Oc3ccccc3)CC2)c1. The number of benzene rings is 3. The highest BCUT2D eigenvalue weighted by Crippen LogP contribution is 2.35. The predicted molar refractivity (Wildman–Crippen MR) is 130 cm³/mol. The second kappa shape index (κ2) is 9.60. The first-order valence-electron chi connectivity index (χ1n) is 11.6. The molecule has 0 N–H and O–H groups in total. The first kappa shape index (κ1) is 22.1. The summed E-state index contributed by atoms with van der Waals surface area (Å²) < 4.78 is 5.55. The van der Waals surface area contributed by atoms with Crippen LogP contribution in [0.4, 0.5) is 4.79 Å². The number of amides is 1. The van der Waals surface area contributed by atoms with Crippen LogP contribution in [0.3, 0.4) is 0 Å². The van der Waals surface area contributed by atoms with Gasteiger partial charge < -0.3 is 9.64 Å². The maximum atomic E-state index is 12.6. The van der Waals surface area contributed by atoms with Gasteiger partial charge in [-0.05, 0) is 65.0 Å². The highest BCUT2D eigenvalue weighted by Gasteiger charge is 2.27. The van der Waals surface area contributed by atoms with Crippen molar-refractivity contribution in [3.63, 3.8) is 0 Å². The molecule has 0 atom stereocenters. The molecule has 1 heterocycles. The molecule has 1 fully saturated rings. The van der Waals surface area contributed by atoms with Crippen LogP contribution in [0.2, 0.25) is 0 Å². The molecule has 3 aromatic carbocycles. The third kappa shape index (κ3) is 5.40. The topological polar surface area (TPSA) is 29.5 Å². The van der Waals surface area contributed by atoms with Crippen LogP contribution in [0.15, 0.2) is 78.9 Å². The number of nitrogens with zero attached hydrogens (tertiary/aromatic N) is 1. The van der Waals surface area contributed by atoms with E-state index in [1.165, 1.54) is 22.3 Å². The lowest BCUT2D eigenvalue weighted by molar-refractivity contribution is 0.138. The number of piperidine rings is 1. The van der Waals surface area contributed by atoms with E-state index in [4.69, 9.17) is 4.74 Å². The van der Waals surface area contributed by atoms with E-state index in [1.807, 2.05) is 35.2 Å². The number of carbonyl (C=O) groups excluding carboxylic acids is 1. The number of hydrogen-bond donors (Lipinski definition) is 0. The molecule has 1 aliphatic heterocycles. The van der Waals surface area contributed by atoms with Crippen LogP contribution in [0, 0.1) is 0 Å². The Morgan fingerprint density at radius 3 is 2.16 bits per heavy atom. The van der Waals surface area contributed by atoms with Crippen LogP contribution < -0.4 is 4.74 Å². The molecule has 3 aromatic rings. The summed E-state index contributed by atoms with van der Waals surface area (Å²) >= 11 is 0. The summed E-state index contributed by atoms with van der Waals surface area (Å²) in [6, 6.07) is 27.0. The third-order valence-electron chi connectivity index (χ3n) is 6.39. The number of carbonyl (C=O) groups is 1. The second-order valence-electron chi connectivity index (χ2n) is 9.77. The van der Waals surface area contributed by atoms with Crippen molar-refractivity contribution in [2.75, 3.05) is 13.1 Å². The van der Waals surface area contributed by atoms with Gasteiger partial charge in [0.15, 0.2) is 0 Å². The third-order valence-corrected chi connectivity index (χ3v) is 6.39. The fourth-order valence-electron chi connectivity index (χ4n) is 4.45. The minimum Gasteiger partial charge on any atom is -0.410 e. The lowest BCUT2D eigenvalue weighted by atomic mass is 9.79. The molecule has 32 heavy (non-hydrogen) atoms. The average molecular weight is 428 g/mol. The Morgan fingerprint density at radius 2 is 1.53 bits per heavy atom. The monoisotopic (exact) mass is 427 g/mol. The fraction of sp³-hybridized carbons (Fsp3) is 0.345. The van der Waals surface area contributed by atoms with E-state index in [0.717, 1.165) is 32.4 Å². The number of rotatable bonds is 4. The first-order chi connectivity index (χ1) is 15.4. The Kier molecular flexibility index (Phi) is 6.64. The molecule has 0 saturated carbocycles. The summed E-state index contributed by atoms with van der Waals surface area (Å²) in [6.45, 7) is 8.25. The Labute approximate surface area is 192 Å². The second-order valence-corrected chi connectivity index (χ2v) is 9.77. The molecule has 0 aromatic heterocycles.